The molecule has 0 aliphatic carbocycles. The minimum absolute atomic E-state index is 0.122. The Labute approximate surface area is 181 Å². The molecule has 7 heteroatoms. The zero-order valence-electron chi connectivity index (χ0n) is 16.7. The molecule has 0 amide bonds. The summed E-state index contributed by atoms with van der Waals surface area (Å²) in [5, 5.41) is 19.1. The van der Waals surface area contributed by atoms with Crippen molar-refractivity contribution in [2.24, 2.45) is 0 Å². The van der Waals surface area contributed by atoms with Crippen LogP contribution < -0.4 is 5.32 Å². The predicted molar refractivity (Wildman–Crippen MR) is 119 cm³/mol. The van der Waals surface area contributed by atoms with Gasteiger partial charge in [-0.25, -0.2) is 9.59 Å². The van der Waals surface area contributed by atoms with E-state index in [2.05, 4.69) is 52.7 Å². The zero-order valence-corrected chi connectivity index (χ0v) is 17.5. The van der Waals surface area contributed by atoms with Gasteiger partial charge in [0.05, 0.1) is 4.87 Å². The average Bonchev–Trinajstić information content (AvgIpc) is 2.75. The third-order valence-electron chi connectivity index (χ3n) is 4.75. The molecule has 0 spiro atoms. The Morgan fingerprint density at radius 3 is 1.93 bits per heavy atom. The van der Waals surface area contributed by atoms with Crippen LogP contribution in [0.1, 0.15) is 18.4 Å². The van der Waals surface area contributed by atoms with Crippen molar-refractivity contribution in [1.29, 1.82) is 0 Å². The Morgan fingerprint density at radius 2 is 1.43 bits per heavy atom. The van der Waals surface area contributed by atoms with Gasteiger partial charge in [0.25, 0.3) is 0 Å². The van der Waals surface area contributed by atoms with Crippen molar-refractivity contribution >= 4 is 29.2 Å². The Hall–Kier alpha value is -2.83. The SMILES string of the molecule is ClC1(CNc2ccccc2)CCN(Cc2ccccc2)CC1.O=C(O)C=CC(=O)O. The van der Waals surface area contributed by atoms with Crippen molar-refractivity contribution in [3.63, 3.8) is 0 Å². The summed E-state index contributed by atoms with van der Waals surface area (Å²) in [5.41, 5.74) is 2.53. The monoisotopic (exact) mass is 430 g/mol. The van der Waals surface area contributed by atoms with Crippen molar-refractivity contribution in [3.05, 3.63) is 78.4 Å². The maximum atomic E-state index is 9.55. The lowest BCUT2D eigenvalue weighted by Gasteiger charge is -2.38. The van der Waals surface area contributed by atoms with E-state index >= 15 is 0 Å². The number of hydrogen-bond donors (Lipinski definition) is 3. The van der Waals surface area contributed by atoms with Crippen LogP contribution in [-0.4, -0.2) is 51.6 Å². The number of nitrogens with one attached hydrogen (secondary N) is 1. The smallest absolute Gasteiger partial charge is 0.328 e. The fourth-order valence-corrected chi connectivity index (χ4v) is 3.33. The largest absolute Gasteiger partial charge is 0.478 e. The van der Waals surface area contributed by atoms with Crippen LogP contribution in [-0.2, 0) is 16.1 Å². The Bertz CT molecular complexity index is 804. The maximum Gasteiger partial charge on any atom is 0.328 e. The number of aliphatic carboxylic acids is 2. The number of rotatable bonds is 7. The van der Waals surface area contributed by atoms with Crippen molar-refractivity contribution in [2.75, 3.05) is 25.0 Å². The second-order valence-electron chi connectivity index (χ2n) is 7.14. The minimum atomic E-state index is -1.26. The van der Waals surface area contributed by atoms with E-state index in [1.54, 1.807) is 0 Å². The van der Waals surface area contributed by atoms with E-state index in [9.17, 15) is 9.59 Å². The molecule has 160 valence electrons. The van der Waals surface area contributed by atoms with Gasteiger partial charge >= 0.3 is 11.9 Å². The summed E-state index contributed by atoms with van der Waals surface area (Å²) in [5.74, 6) is -2.51. The van der Waals surface area contributed by atoms with Crippen LogP contribution in [0.5, 0.6) is 0 Å². The lowest BCUT2D eigenvalue weighted by molar-refractivity contribution is -0.134. The predicted octanol–water partition coefficient (Wildman–Crippen LogP) is 4.08. The second-order valence-corrected chi connectivity index (χ2v) is 7.94. The van der Waals surface area contributed by atoms with E-state index in [0.717, 1.165) is 44.7 Å². The summed E-state index contributed by atoms with van der Waals surface area (Å²) in [7, 11) is 0. The van der Waals surface area contributed by atoms with Crippen LogP contribution in [0, 0.1) is 0 Å². The first kappa shape index (κ1) is 23.4. The number of piperidine rings is 1. The van der Waals surface area contributed by atoms with Crippen molar-refractivity contribution in [2.45, 2.75) is 24.3 Å². The summed E-state index contributed by atoms with van der Waals surface area (Å²) in [6, 6.07) is 21.0. The van der Waals surface area contributed by atoms with E-state index < -0.39 is 11.9 Å². The van der Waals surface area contributed by atoms with E-state index in [0.29, 0.717) is 12.2 Å². The van der Waals surface area contributed by atoms with Crippen LogP contribution >= 0.6 is 11.6 Å². The molecular formula is C23H27ClN2O4. The molecule has 0 saturated carbocycles. The highest BCUT2D eigenvalue weighted by Gasteiger charge is 2.32. The van der Waals surface area contributed by atoms with E-state index in [1.165, 1.54) is 5.56 Å². The fraction of sp³-hybridized carbons (Fsp3) is 0.304. The number of halogens is 1. The first-order valence-corrected chi connectivity index (χ1v) is 10.1. The summed E-state index contributed by atoms with van der Waals surface area (Å²) in [4.78, 5) is 21.5. The van der Waals surface area contributed by atoms with Gasteiger partial charge in [-0.05, 0) is 30.5 Å². The van der Waals surface area contributed by atoms with Gasteiger partial charge in [-0.15, -0.1) is 11.6 Å². The number of carbonyl (C=O) groups is 2. The summed E-state index contributed by atoms with van der Waals surface area (Å²) in [6.07, 6.45) is 3.17. The van der Waals surface area contributed by atoms with Gasteiger partial charge < -0.3 is 15.5 Å². The van der Waals surface area contributed by atoms with Crippen molar-refractivity contribution in [3.8, 4) is 0 Å². The standard InChI is InChI=1S/C19H23ClN2.C4H4O4/c20-19(16-21-18-9-5-2-6-10-18)11-13-22(14-12-19)15-17-7-3-1-4-8-17;5-3(6)1-2-4(7)8/h1-10,21H,11-16H2;1-2H,(H,5,6)(H,7,8). The van der Waals surface area contributed by atoms with E-state index in [-0.39, 0.29) is 4.87 Å². The van der Waals surface area contributed by atoms with Crippen molar-refractivity contribution < 1.29 is 19.8 Å². The Balaban J connectivity index is 0.000000343. The molecule has 0 aromatic heterocycles. The van der Waals surface area contributed by atoms with Gasteiger partial charge in [0.15, 0.2) is 0 Å². The molecule has 2 aromatic rings. The van der Waals surface area contributed by atoms with Gasteiger partial charge in [0.2, 0.25) is 0 Å². The number of para-hydroxylation sites is 1. The maximum absolute atomic E-state index is 9.55. The van der Waals surface area contributed by atoms with Crippen LogP contribution in [0.4, 0.5) is 5.69 Å². The quantitative estimate of drug-likeness (QED) is 0.453. The molecule has 1 aliphatic rings. The lowest BCUT2D eigenvalue weighted by Crippen LogP contribution is -2.44. The lowest BCUT2D eigenvalue weighted by atomic mass is 9.95. The summed E-state index contributed by atoms with van der Waals surface area (Å²) < 4.78 is 0. The Morgan fingerprint density at radius 1 is 0.933 bits per heavy atom. The fourth-order valence-electron chi connectivity index (χ4n) is 3.09. The minimum Gasteiger partial charge on any atom is -0.478 e. The van der Waals surface area contributed by atoms with Crippen LogP contribution in [0.15, 0.2) is 72.8 Å². The number of nitrogens with zero attached hydrogens (tertiary/aromatic N) is 1. The molecular weight excluding hydrogens is 404 g/mol. The molecule has 1 aliphatic heterocycles. The molecule has 1 heterocycles. The van der Waals surface area contributed by atoms with Gasteiger partial charge in [-0.2, -0.15) is 0 Å². The zero-order chi connectivity index (χ0) is 21.8. The van der Waals surface area contributed by atoms with Gasteiger partial charge in [0.1, 0.15) is 0 Å². The third-order valence-corrected chi connectivity index (χ3v) is 5.26. The molecule has 3 rings (SSSR count). The van der Waals surface area contributed by atoms with E-state index in [4.69, 9.17) is 21.8 Å². The second kappa shape index (κ2) is 12.0. The molecule has 0 unspecified atom stereocenters. The van der Waals surface area contributed by atoms with Crippen molar-refractivity contribution in [1.82, 2.24) is 4.90 Å². The molecule has 1 fully saturated rings. The van der Waals surface area contributed by atoms with Gasteiger partial charge in [-0.3, -0.25) is 4.90 Å². The number of carboxylic acid groups (broad SMARTS) is 2. The third kappa shape index (κ3) is 9.11. The number of hydrogen-bond acceptors (Lipinski definition) is 4. The highest BCUT2D eigenvalue weighted by atomic mass is 35.5. The highest BCUT2D eigenvalue weighted by Crippen LogP contribution is 2.30. The molecule has 30 heavy (non-hydrogen) atoms. The van der Waals surface area contributed by atoms with Crippen LogP contribution in [0.2, 0.25) is 0 Å². The molecule has 6 nitrogen and oxygen atoms in total. The van der Waals surface area contributed by atoms with Gasteiger partial charge in [-0.1, -0.05) is 48.5 Å². The molecule has 0 atom stereocenters. The summed E-state index contributed by atoms with van der Waals surface area (Å²) in [6.45, 7) is 3.99. The highest BCUT2D eigenvalue weighted by molar-refractivity contribution is 6.24. The molecule has 1 saturated heterocycles. The van der Waals surface area contributed by atoms with Gasteiger partial charge in [0, 0.05) is 44.0 Å². The number of anilines is 1. The Kier molecular flexibility index (Phi) is 9.38. The molecule has 3 N–H and O–H groups in total. The molecule has 0 radical (unpaired) electrons. The van der Waals surface area contributed by atoms with Crippen LogP contribution in [0.25, 0.3) is 0 Å². The average molecular weight is 431 g/mol. The topological polar surface area (TPSA) is 89.9 Å². The number of likely N-dealkylation sites (tertiary alicyclic amines) is 1. The molecule has 2 aromatic carbocycles. The first-order valence-electron chi connectivity index (χ1n) is 9.74. The van der Waals surface area contributed by atoms with Crippen LogP contribution in [0.3, 0.4) is 0 Å². The van der Waals surface area contributed by atoms with E-state index in [1.807, 2.05) is 18.2 Å². The number of carboxylic acids is 2. The first-order chi connectivity index (χ1) is 14.4. The molecule has 0 bridgehead atoms. The normalized spacial score (nSPS) is 15.8. The number of benzene rings is 2. The number of alkyl halides is 1. The summed E-state index contributed by atoms with van der Waals surface area (Å²) >= 11 is 6.80.